The Hall–Kier alpha value is -1.50. The summed E-state index contributed by atoms with van der Waals surface area (Å²) in [4.78, 5) is 0. The Morgan fingerprint density at radius 1 is 1.19 bits per heavy atom. The highest BCUT2D eigenvalue weighted by molar-refractivity contribution is 9.10. The zero-order valence-electron chi connectivity index (χ0n) is 14.7. The highest BCUT2D eigenvalue weighted by Gasteiger charge is 2.18. The van der Waals surface area contributed by atoms with Gasteiger partial charge in [-0.05, 0) is 55.3 Å². The Balaban J connectivity index is 1.68. The van der Waals surface area contributed by atoms with Crippen molar-refractivity contribution >= 4 is 39.3 Å². The average molecular weight is 453 g/mol. The molecule has 3 rings (SSSR count). The van der Waals surface area contributed by atoms with E-state index in [2.05, 4.69) is 38.3 Å². The number of thioether (sulfide) groups is 1. The molecule has 0 amide bonds. The summed E-state index contributed by atoms with van der Waals surface area (Å²) < 4.78 is 9.12. The molecule has 0 saturated heterocycles. The van der Waals surface area contributed by atoms with E-state index in [1.54, 1.807) is 11.8 Å². The number of hydrogen-bond acceptors (Lipinski definition) is 4. The smallest absolute Gasteiger partial charge is 0.191 e. The van der Waals surface area contributed by atoms with Crippen molar-refractivity contribution in [3.63, 3.8) is 0 Å². The molecule has 4 nitrogen and oxygen atoms in total. The van der Waals surface area contributed by atoms with Gasteiger partial charge in [-0.2, -0.15) is 0 Å². The largest absolute Gasteiger partial charge is 0.482 e. The van der Waals surface area contributed by atoms with Gasteiger partial charge in [-0.25, -0.2) is 0 Å². The van der Waals surface area contributed by atoms with E-state index < -0.39 is 0 Å². The van der Waals surface area contributed by atoms with Crippen LogP contribution in [-0.2, 0) is 12.8 Å². The quantitative estimate of drug-likeness (QED) is 0.432. The lowest BCUT2D eigenvalue weighted by molar-refractivity contribution is 0.210. The lowest BCUT2D eigenvalue weighted by Crippen LogP contribution is -2.10. The Labute approximate surface area is 171 Å². The number of benzene rings is 2. The fourth-order valence-electron chi connectivity index (χ4n) is 2.52. The number of nitrogens with zero attached hydrogens (tertiary/aromatic N) is 3. The van der Waals surface area contributed by atoms with Gasteiger partial charge in [0.15, 0.2) is 17.1 Å². The fourth-order valence-corrected chi connectivity index (χ4v) is 3.89. The molecule has 1 unspecified atom stereocenters. The van der Waals surface area contributed by atoms with Gasteiger partial charge in [0.05, 0.1) is 0 Å². The first-order chi connectivity index (χ1) is 12.4. The van der Waals surface area contributed by atoms with E-state index in [-0.39, 0.29) is 6.10 Å². The average Bonchev–Trinajstić information content (AvgIpc) is 2.98. The van der Waals surface area contributed by atoms with Gasteiger partial charge < -0.3 is 9.30 Å². The third-order valence-electron chi connectivity index (χ3n) is 3.95. The molecule has 0 saturated carbocycles. The van der Waals surface area contributed by atoms with E-state index >= 15 is 0 Å². The molecule has 26 heavy (non-hydrogen) atoms. The van der Waals surface area contributed by atoms with E-state index in [9.17, 15) is 0 Å². The van der Waals surface area contributed by atoms with Crippen molar-refractivity contribution in [1.29, 1.82) is 0 Å². The number of halogens is 2. The molecular weight excluding hydrogens is 434 g/mol. The maximum atomic E-state index is 6.06. The van der Waals surface area contributed by atoms with E-state index in [1.807, 2.05) is 55.8 Å². The van der Waals surface area contributed by atoms with Crippen molar-refractivity contribution in [1.82, 2.24) is 14.8 Å². The monoisotopic (exact) mass is 451 g/mol. The number of rotatable bonds is 6. The molecule has 2 aromatic carbocycles. The zero-order valence-corrected chi connectivity index (χ0v) is 17.9. The molecule has 136 valence electrons. The fraction of sp³-hybridized carbons (Fsp3) is 0.263. The molecule has 1 atom stereocenters. The molecule has 1 aromatic heterocycles. The van der Waals surface area contributed by atoms with Gasteiger partial charge in [0.1, 0.15) is 5.75 Å². The molecule has 0 radical (unpaired) electrons. The normalized spacial score (nSPS) is 12.2. The summed E-state index contributed by atoms with van der Waals surface area (Å²) in [5, 5.41) is 10.2. The maximum Gasteiger partial charge on any atom is 0.191 e. The lowest BCUT2D eigenvalue weighted by Gasteiger charge is -2.16. The third kappa shape index (κ3) is 4.61. The minimum Gasteiger partial charge on any atom is -0.482 e. The van der Waals surface area contributed by atoms with Gasteiger partial charge in [-0.15, -0.1) is 10.2 Å². The summed E-state index contributed by atoms with van der Waals surface area (Å²) in [6.07, 6.45) is -0.214. The van der Waals surface area contributed by atoms with Crippen molar-refractivity contribution in [3.8, 4) is 5.75 Å². The molecule has 0 N–H and O–H groups in total. The van der Waals surface area contributed by atoms with Crippen LogP contribution < -0.4 is 4.74 Å². The van der Waals surface area contributed by atoms with Crippen LogP contribution in [0.5, 0.6) is 5.75 Å². The summed E-state index contributed by atoms with van der Waals surface area (Å²) in [7, 11) is 1.97. The second-order valence-corrected chi connectivity index (χ2v) is 8.28. The van der Waals surface area contributed by atoms with Gasteiger partial charge in [0.2, 0.25) is 0 Å². The predicted octanol–water partition coefficient (Wildman–Crippen LogP) is 5.97. The first-order valence-electron chi connectivity index (χ1n) is 8.13. The van der Waals surface area contributed by atoms with Crippen LogP contribution in [0.15, 0.2) is 52.1 Å². The second kappa shape index (κ2) is 8.46. The van der Waals surface area contributed by atoms with Crippen LogP contribution in [0.25, 0.3) is 0 Å². The standard InChI is InChI=1S/C19H19BrClN3OS/c1-12-10-16(21)8-9-17(12)25-13(2)18-22-23-19(24(18)3)26-11-14-4-6-15(20)7-5-14/h4-10,13H,11H2,1-3H3. The van der Waals surface area contributed by atoms with Crippen molar-refractivity contribution in [3.05, 3.63) is 68.9 Å². The molecule has 3 aromatic rings. The molecule has 0 aliphatic carbocycles. The lowest BCUT2D eigenvalue weighted by atomic mass is 10.2. The van der Waals surface area contributed by atoms with Crippen molar-refractivity contribution in [2.24, 2.45) is 7.05 Å². The van der Waals surface area contributed by atoms with E-state index in [1.165, 1.54) is 5.56 Å². The van der Waals surface area contributed by atoms with Crippen LogP contribution in [0.3, 0.4) is 0 Å². The summed E-state index contributed by atoms with van der Waals surface area (Å²) in [5.41, 5.74) is 2.24. The van der Waals surface area contributed by atoms with Gasteiger partial charge in [0, 0.05) is 22.3 Å². The summed E-state index contributed by atoms with van der Waals surface area (Å²) >= 11 is 11.1. The van der Waals surface area contributed by atoms with Crippen molar-refractivity contribution in [2.45, 2.75) is 30.9 Å². The van der Waals surface area contributed by atoms with Crippen LogP contribution >= 0.6 is 39.3 Å². The van der Waals surface area contributed by atoms with Crippen LogP contribution in [0.1, 0.15) is 30.0 Å². The van der Waals surface area contributed by atoms with E-state index in [0.29, 0.717) is 5.02 Å². The Morgan fingerprint density at radius 2 is 1.92 bits per heavy atom. The molecule has 0 fully saturated rings. The van der Waals surface area contributed by atoms with Gasteiger partial charge in [-0.1, -0.05) is 51.4 Å². The van der Waals surface area contributed by atoms with Crippen LogP contribution in [-0.4, -0.2) is 14.8 Å². The van der Waals surface area contributed by atoms with Crippen LogP contribution in [0.2, 0.25) is 5.02 Å². The number of aryl methyl sites for hydroxylation is 1. The SMILES string of the molecule is Cc1cc(Cl)ccc1OC(C)c1nnc(SCc2ccc(Br)cc2)n1C. The van der Waals surface area contributed by atoms with Crippen LogP contribution in [0.4, 0.5) is 0 Å². The Morgan fingerprint density at radius 3 is 2.62 bits per heavy atom. The first kappa shape index (κ1) is 19.3. The Kier molecular flexibility index (Phi) is 6.27. The van der Waals surface area contributed by atoms with E-state index in [0.717, 1.165) is 32.5 Å². The zero-order chi connectivity index (χ0) is 18.7. The topological polar surface area (TPSA) is 39.9 Å². The number of ether oxygens (including phenoxy) is 1. The minimum atomic E-state index is -0.214. The molecule has 7 heteroatoms. The van der Waals surface area contributed by atoms with Gasteiger partial charge in [0.25, 0.3) is 0 Å². The Bertz CT molecular complexity index is 898. The molecule has 1 heterocycles. The van der Waals surface area contributed by atoms with Gasteiger partial charge in [-0.3, -0.25) is 0 Å². The maximum absolute atomic E-state index is 6.06. The van der Waals surface area contributed by atoms with Crippen molar-refractivity contribution in [2.75, 3.05) is 0 Å². The molecule has 0 spiro atoms. The molecule has 0 bridgehead atoms. The minimum absolute atomic E-state index is 0.214. The molecule has 0 aliphatic heterocycles. The highest BCUT2D eigenvalue weighted by Crippen LogP contribution is 2.28. The summed E-state index contributed by atoms with van der Waals surface area (Å²) in [5.74, 6) is 2.43. The van der Waals surface area contributed by atoms with Crippen LogP contribution in [0, 0.1) is 6.92 Å². The second-order valence-electron chi connectivity index (χ2n) is 5.98. The predicted molar refractivity (Wildman–Crippen MR) is 110 cm³/mol. The summed E-state index contributed by atoms with van der Waals surface area (Å²) in [6, 6.07) is 13.9. The number of aromatic nitrogens is 3. The molecule has 0 aliphatic rings. The van der Waals surface area contributed by atoms with Crippen molar-refractivity contribution < 1.29 is 4.74 Å². The first-order valence-corrected chi connectivity index (χ1v) is 10.3. The van der Waals surface area contributed by atoms with Gasteiger partial charge >= 0.3 is 0 Å². The third-order valence-corrected chi connectivity index (χ3v) is 5.81. The highest BCUT2D eigenvalue weighted by atomic mass is 79.9. The van der Waals surface area contributed by atoms with E-state index in [4.69, 9.17) is 16.3 Å². The molecular formula is C19H19BrClN3OS. The number of hydrogen-bond donors (Lipinski definition) is 0. The summed E-state index contributed by atoms with van der Waals surface area (Å²) in [6.45, 7) is 3.95.